The van der Waals surface area contributed by atoms with Crippen LogP contribution in [-0.2, 0) is 0 Å². The van der Waals surface area contributed by atoms with Crippen molar-refractivity contribution in [2.75, 3.05) is 6.67 Å². The largest absolute Gasteiger partial charge is 0.287 e. The Bertz CT molecular complexity index is 52.6. The van der Waals surface area contributed by atoms with E-state index in [1.165, 1.54) is 0 Å². The number of hydrogen-bond donors (Lipinski definition) is 2. The summed E-state index contributed by atoms with van der Waals surface area (Å²) in [5, 5.41) is 6.35. The van der Waals surface area contributed by atoms with Gasteiger partial charge in [0.05, 0.1) is 5.66 Å². The quantitative estimate of drug-likeness (QED) is 0.429. The summed E-state index contributed by atoms with van der Waals surface area (Å²) in [6.07, 6.45) is 0. The predicted molar refractivity (Wildman–Crippen MR) is 25.2 cm³/mol. The molecule has 6 heavy (non-hydrogen) atoms. The third kappa shape index (κ3) is 0.533. The minimum Gasteiger partial charge on any atom is -0.287 e. The zero-order valence-electron chi connectivity index (χ0n) is 4.21. The summed E-state index contributed by atoms with van der Waals surface area (Å²) in [4.78, 5) is 0. The van der Waals surface area contributed by atoms with E-state index in [9.17, 15) is 0 Å². The Morgan fingerprint density at radius 1 is 1.33 bits per heavy atom. The van der Waals surface area contributed by atoms with Crippen molar-refractivity contribution < 1.29 is 0 Å². The second-order valence-electron chi connectivity index (χ2n) is 2.16. The lowest BCUT2D eigenvalue weighted by atomic mass is 10.2. The molecule has 0 aromatic heterocycles. The van der Waals surface area contributed by atoms with Crippen LogP contribution in [0.15, 0.2) is 0 Å². The zero-order chi connectivity index (χ0) is 4.62. The van der Waals surface area contributed by atoms with Crippen molar-refractivity contribution in [3.8, 4) is 0 Å². The molecule has 1 heterocycles. The Hall–Kier alpha value is -0.0800. The molecule has 0 bridgehead atoms. The van der Waals surface area contributed by atoms with Crippen molar-refractivity contribution in [2.45, 2.75) is 19.5 Å². The van der Waals surface area contributed by atoms with Crippen molar-refractivity contribution in [3.05, 3.63) is 0 Å². The summed E-state index contributed by atoms with van der Waals surface area (Å²) in [5.41, 5.74) is 0.222. The van der Waals surface area contributed by atoms with Crippen LogP contribution in [0, 0.1) is 0 Å². The normalized spacial score (nSPS) is 29.0. The summed E-state index contributed by atoms with van der Waals surface area (Å²) in [6, 6.07) is 0. The molecule has 0 amide bonds. The highest BCUT2D eigenvalue weighted by atomic mass is 15.3. The van der Waals surface area contributed by atoms with Crippen LogP contribution in [0.2, 0.25) is 0 Å². The van der Waals surface area contributed by atoms with E-state index in [0.717, 1.165) is 6.67 Å². The Kier molecular flexibility index (Phi) is 0.648. The first kappa shape index (κ1) is 4.09. The van der Waals surface area contributed by atoms with Crippen molar-refractivity contribution in [1.82, 2.24) is 10.6 Å². The van der Waals surface area contributed by atoms with Crippen LogP contribution in [-0.4, -0.2) is 12.3 Å². The van der Waals surface area contributed by atoms with Gasteiger partial charge in [-0.05, 0) is 13.8 Å². The molecule has 1 fully saturated rings. The van der Waals surface area contributed by atoms with Crippen LogP contribution >= 0.6 is 0 Å². The van der Waals surface area contributed by atoms with Gasteiger partial charge in [0.1, 0.15) is 0 Å². The molecule has 2 nitrogen and oxygen atoms in total. The zero-order valence-corrected chi connectivity index (χ0v) is 4.21. The SMILES string of the molecule is CC1(C)NCN1. The van der Waals surface area contributed by atoms with E-state index >= 15 is 0 Å². The van der Waals surface area contributed by atoms with Crippen LogP contribution in [0.3, 0.4) is 0 Å². The lowest BCUT2D eigenvalue weighted by molar-refractivity contribution is 0.196. The molecule has 0 saturated carbocycles. The van der Waals surface area contributed by atoms with Gasteiger partial charge < -0.3 is 0 Å². The second-order valence-corrected chi connectivity index (χ2v) is 2.16. The summed E-state index contributed by atoms with van der Waals surface area (Å²) >= 11 is 0. The summed E-state index contributed by atoms with van der Waals surface area (Å²) in [7, 11) is 0. The van der Waals surface area contributed by atoms with Crippen LogP contribution < -0.4 is 10.6 Å². The maximum Gasteiger partial charge on any atom is 0.0648 e. The molecule has 0 unspecified atom stereocenters. The average Bonchev–Trinajstić information content (AvgIpc) is 1.32. The molecule has 0 aromatic carbocycles. The molecular weight excluding hydrogens is 76.1 g/mol. The van der Waals surface area contributed by atoms with Gasteiger partial charge in [0, 0.05) is 6.67 Å². The molecule has 0 spiro atoms. The maximum atomic E-state index is 3.17. The first-order valence-corrected chi connectivity index (χ1v) is 2.21. The van der Waals surface area contributed by atoms with E-state index < -0.39 is 0 Å². The second kappa shape index (κ2) is 0.950. The molecule has 1 rings (SSSR count). The van der Waals surface area contributed by atoms with Crippen molar-refractivity contribution in [3.63, 3.8) is 0 Å². The highest BCUT2D eigenvalue weighted by Gasteiger charge is 2.22. The number of hydrogen-bond acceptors (Lipinski definition) is 2. The predicted octanol–water partition coefficient (Wildman–Crippen LogP) is -0.127. The van der Waals surface area contributed by atoms with Crippen molar-refractivity contribution in [2.24, 2.45) is 0 Å². The smallest absolute Gasteiger partial charge is 0.0648 e. The van der Waals surface area contributed by atoms with E-state index in [-0.39, 0.29) is 5.66 Å². The lowest BCUT2D eigenvalue weighted by Gasteiger charge is -2.37. The monoisotopic (exact) mass is 86.1 g/mol. The van der Waals surface area contributed by atoms with Gasteiger partial charge in [-0.1, -0.05) is 0 Å². The van der Waals surface area contributed by atoms with Crippen LogP contribution in [0.5, 0.6) is 0 Å². The first-order chi connectivity index (χ1) is 2.71. The molecule has 0 aliphatic carbocycles. The molecule has 0 atom stereocenters. The van der Waals surface area contributed by atoms with Crippen LogP contribution in [0.1, 0.15) is 13.8 Å². The summed E-state index contributed by atoms with van der Waals surface area (Å²) in [5.74, 6) is 0. The van der Waals surface area contributed by atoms with Gasteiger partial charge in [0.15, 0.2) is 0 Å². The van der Waals surface area contributed by atoms with Gasteiger partial charge in [0.25, 0.3) is 0 Å². The molecule has 1 aliphatic rings. The van der Waals surface area contributed by atoms with E-state index in [4.69, 9.17) is 0 Å². The molecular formula is C4H10N2. The molecule has 36 valence electrons. The molecule has 0 radical (unpaired) electrons. The Labute approximate surface area is 37.9 Å². The summed E-state index contributed by atoms with van der Waals surface area (Å²) < 4.78 is 0. The summed E-state index contributed by atoms with van der Waals surface area (Å²) in [6.45, 7) is 5.18. The van der Waals surface area contributed by atoms with Gasteiger partial charge in [-0.25, -0.2) is 0 Å². The van der Waals surface area contributed by atoms with Gasteiger partial charge in [-0.3, -0.25) is 10.6 Å². The van der Waals surface area contributed by atoms with E-state index in [1.807, 2.05) is 0 Å². The highest BCUT2D eigenvalue weighted by molar-refractivity contribution is 4.81. The Morgan fingerprint density at radius 2 is 1.67 bits per heavy atom. The van der Waals surface area contributed by atoms with Crippen molar-refractivity contribution >= 4 is 0 Å². The van der Waals surface area contributed by atoms with Gasteiger partial charge in [-0.2, -0.15) is 0 Å². The standard InChI is InChI=1S/C4H10N2/c1-4(2)5-3-6-4/h5-6H,3H2,1-2H3. The van der Waals surface area contributed by atoms with E-state index in [0.29, 0.717) is 0 Å². The maximum absolute atomic E-state index is 3.17. The lowest BCUT2D eigenvalue weighted by Crippen LogP contribution is -2.66. The van der Waals surface area contributed by atoms with Crippen LogP contribution in [0.4, 0.5) is 0 Å². The Balaban J connectivity index is 2.31. The number of nitrogens with one attached hydrogen (secondary N) is 2. The number of rotatable bonds is 0. The topological polar surface area (TPSA) is 24.1 Å². The van der Waals surface area contributed by atoms with Gasteiger partial charge in [-0.15, -0.1) is 0 Å². The van der Waals surface area contributed by atoms with Crippen LogP contribution in [0.25, 0.3) is 0 Å². The fraction of sp³-hybridized carbons (Fsp3) is 1.00. The van der Waals surface area contributed by atoms with Gasteiger partial charge >= 0.3 is 0 Å². The molecule has 1 aliphatic heterocycles. The molecule has 0 aromatic rings. The fourth-order valence-electron chi connectivity index (χ4n) is 0.442. The van der Waals surface area contributed by atoms with E-state index in [2.05, 4.69) is 24.5 Å². The Morgan fingerprint density at radius 3 is 1.67 bits per heavy atom. The minimum atomic E-state index is 0.222. The minimum absolute atomic E-state index is 0.222. The molecule has 2 N–H and O–H groups in total. The third-order valence-electron chi connectivity index (χ3n) is 1.06. The third-order valence-corrected chi connectivity index (χ3v) is 1.06. The van der Waals surface area contributed by atoms with Gasteiger partial charge in [0.2, 0.25) is 0 Å². The average molecular weight is 86.1 g/mol. The molecule has 2 heteroatoms. The van der Waals surface area contributed by atoms with E-state index in [1.54, 1.807) is 0 Å². The fourth-order valence-corrected chi connectivity index (χ4v) is 0.442. The first-order valence-electron chi connectivity index (χ1n) is 2.21. The molecule has 1 saturated heterocycles. The van der Waals surface area contributed by atoms with Crippen molar-refractivity contribution in [1.29, 1.82) is 0 Å². The highest BCUT2D eigenvalue weighted by Crippen LogP contribution is 2.00.